The van der Waals surface area contributed by atoms with E-state index >= 15 is 0 Å². The van der Waals surface area contributed by atoms with Gasteiger partial charge in [-0.2, -0.15) is 5.26 Å². The number of nitrogens with zero attached hydrogens (tertiary/aromatic N) is 2. The van der Waals surface area contributed by atoms with Gasteiger partial charge in [0.05, 0.1) is 11.3 Å². The highest BCUT2D eigenvalue weighted by Gasteiger charge is 2.36. The second kappa shape index (κ2) is 5.22. The molecule has 2 aliphatic heterocycles. The Kier molecular flexibility index (Phi) is 3.44. The average Bonchev–Trinajstić information content (AvgIpc) is 2.48. The molecule has 1 aromatic carbocycles. The van der Waals surface area contributed by atoms with E-state index in [2.05, 4.69) is 22.4 Å². The lowest BCUT2D eigenvalue weighted by atomic mass is 9.74. The molecule has 1 unspecified atom stereocenters. The van der Waals surface area contributed by atoms with Gasteiger partial charge in [0.25, 0.3) is 0 Å². The number of nitrogens with one attached hydrogen (secondary N) is 1. The first-order chi connectivity index (χ1) is 9.33. The number of benzene rings is 1. The van der Waals surface area contributed by atoms with Gasteiger partial charge >= 0.3 is 0 Å². The standard InChI is InChI=1S/C16H21N3/c17-11-14-5-1-2-6-15(14)19-10-4-8-16(13-19)7-3-9-18-12-16/h1-2,5-6,18H,3-4,7-10,12-13H2. The SMILES string of the molecule is N#Cc1ccccc1N1CCCC2(CCCNC2)C1. The molecule has 3 nitrogen and oxygen atoms in total. The van der Waals surface area contributed by atoms with Crippen molar-refractivity contribution in [3.63, 3.8) is 0 Å². The molecule has 3 heteroatoms. The molecule has 19 heavy (non-hydrogen) atoms. The van der Waals surface area contributed by atoms with Crippen LogP contribution >= 0.6 is 0 Å². The molecule has 1 N–H and O–H groups in total. The lowest BCUT2D eigenvalue weighted by Gasteiger charge is -2.46. The van der Waals surface area contributed by atoms with E-state index in [-0.39, 0.29) is 0 Å². The predicted molar refractivity (Wildman–Crippen MR) is 77.1 cm³/mol. The van der Waals surface area contributed by atoms with E-state index in [0.717, 1.165) is 37.4 Å². The highest BCUT2D eigenvalue weighted by molar-refractivity contribution is 5.59. The molecular formula is C16H21N3. The van der Waals surface area contributed by atoms with Crippen LogP contribution in [0.4, 0.5) is 5.69 Å². The van der Waals surface area contributed by atoms with Crippen molar-refractivity contribution >= 4 is 5.69 Å². The summed E-state index contributed by atoms with van der Waals surface area (Å²) in [6.45, 7) is 4.48. The van der Waals surface area contributed by atoms with Crippen molar-refractivity contribution in [3.8, 4) is 6.07 Å². The molecule has 0 bridgehead atoms. The van der Waals surface area contributed by atoms with Gasteiger partial charge in [-0.1, -0.05) is 12.1 Å². The number of hydrogen-bond donors (Lipinski definition) is 1. The van der Waals surface area contributed by atoms with Crippen LogP contribution in [0.2, 0.25) is 0 Å². The van der Waals surface area contributed by atoms with Gasteiger partial charge in [-0.3, -0.25) is 0 Å². The molecular weight excluding hydrogens is 234 g/mol. The van der Waals surface area contributed by atoms with E-state index in [0.29, 0.717) is 5.41 Å². The summed E-state index contributed by atoms with van der Waals surface area (Å²) in [7, 11) is 0. The fourth-order valence-electron chi connectivity index (χ4n) is 3.64. The molecule has 1 atom stereocenters. The van der Waals surface area contributed by atoms with Crippen molar-refractivity contribution in [2.75, 3.05) is 31.1 Å². The quantitative estimate of drug-likeness (QED) is 0.838. The zero-order valence-electron chi connectivity index (χ0n) is 11.4. The Hall–Kier alpha value is -1.53. The first kappa shape index (κ1) is 12.5. The summed E-state index contributed by atoms with van der Waals surface area (Å²) in [6, 6.07) is 10.3. The van der Waals surface area contributed by atoms with Crippen LogP contribution in [0.1, 0.15) is 31.2 Å². The lowest BCUT2D eigenvalue weighted by Crippen LogP contribution is -2.51. The van der Waals surface area contributed by atoms with Crippen LogP contribution < -0.4 is 10.2 Å². The molecule has 0 saturated carbocycles. The predicted octanol–water partition coefficient (Wildman–Crippen LogP) is 2.53. The topological polar surface area (TPSA) is 39.1 Å². The van der Waals surface area contributed by atoms with E-state index in [4.69, 9.17) is 0 Å². The van der Waals surface area contributed by atoms with Crippen molar-refractivity contribution in [3.05, 3.63) is 29.8 Å². The minimum Gasteiger partial charge on any atom is -0.370 e. The Morgan fingerprint density at radius 2 is 2.05 bits per heavy atom. The number of hydrogen-bond acceptors (Lipinski definition) is 3. The Labute approximate surface area is 115 Å². The molecule has 100 valence electrons. The molecule has 3 rings (SSSR count). The summed E-state index contributed by atoms with van der Waals surface area (Å²) < 4.78 is 0. The molecule has 2 aliphatic rings. The van der Waals surface area contributed by atoms with Gasteiger partial charge in [-0.05, 0) is 44.4 Å². The van der Waals surface area contributed by atoms with Crippen LogP contribution in [-0.4, -0.2) is 26.2 Å². The highest BCUT2D eigenvalue weighted by atomic mass is 15.2. The molecule has 0 radical (unpaired) electrons. The summed E-state index contributed by atoms with van der Waals surface area (Å²) in [6.07, 6.45) is 5.17. The fourth-order valence-corrected chi connectivity index (χ4v) is 3.64. The van der Waals surface area contributed by atoms with Gasteiger partial charge in [0, 0.05) is 25.0 Å². The second-order valence-electron chi connectivity index (χ2n) is 5.93. The largest absolute Gasteiger partial charge is 0.370 e. The maximum Gasteiger partial charge on any atom is 0.101 e. The minimum absolute atomic E-state index is 0.430. The van der Waals surface area contributed by atoms with Crippen molar-refractivity contribution < 1.29 is 0 Å². The van der Waals surface area contributed by atoms with Crippen LogP contribution in [0, 0.1) is 16.7 Å². The molecule has 2 heterocycles. The molecule has 1 spiro atoms. The normalized spacial score (nSPS) is 27.2. The van der Waals surface area contributed by atoms with Crippen molar-refractivity contribution in [2.45, 2.75) is 25.7 Å². The summed E-state index contributed by atoms with van der Waals surface area (Å²) in [4.78, 5) is 2.43. The maximum atomic E-state index is 9.26. The van der Waals surface area contributed by atoms with E-state index < -0.39 is 0 Å². The number of anilines is 1. The summed E-state index contributed by atoms with van der Waals surface area (Å²) in [5.74, 6) is 0. The second-order valence-corrected chi connectivity index (χ2v) is 5.93. The highest BCUT2D eigenvalue weighted by Crippen LogP contribution is 2.38. The van der Waals surface area contributed by atoms with Gasteiger partial charge in [-0.15, -0.1) is 0 Å². The Balaban J connectivity index is 1.83. The Bertz CT molecular complexity index is 478. The summed E-state index contributed by atoms with van der Waals surface area (Å²) in [5.41, 5.74) is 2.36. The number of para-hydroxylation sites is 1. The molecule has 0 amide bonds. The molecule has 2 fully saturated rings. The van der Waals surface area contributed by atoms with Crippen LogP contribution in [0.3, 0.4) is 0 Å². The van der Waals surface area contributed by atoms with Gasteiger partial charge in [0.15, 0.2) is 0 Å². The Morgan fingerprint density at radius 3 is 2.84 bits per heavy atom. The van der Waals surface area contributed by atoms with Crippen molar-refractivity contribution in [1.29, 1.82) is 5.26 Å². The van der Waals surface area contributed by atoms with E-state index in [9.17, 15) is 5.26 Å². The minimum atomic E-state index is 0.430. The van der Waals surface area contributed by atoms with Crippen molar-refractivity contribution in [1.82, 2.24) is 5.32 Å². The van der Waals surface area contributed by atoms with Gasteiger partial charge in [0.2, 0.25) is 0 Å². The van der Waals surface area contributed by atoms with Gasteiger partial charge in [0.1, 0.15) is 6.07 Å². The first-order valence-corrected chi connectivity index (χ1v) is 7.28. The fraction of sp³-hybridized carbons (Fsp3) is 0.562. The number of rotatable bonds is 1. The summed E-state index contributed by atoms with van der Waals surface area (Å²) in [5, 5.41) is 12.8. The number of nitriles is 1. The smallest absolute Gasteiger partial charge is 0.101 e. The maximum absolute atomic E-state index is 9.26. The van der Waals surface area contributed by atoms with E-state index in [1.54, 1.807) is 0 Å². The molecule has 1 aromatic rings. The first-order valence-electron chi connectivity index (χ1n) is 7.28. The third-order valence-corrected chi connectivity index (χ3v) is 4.59. The monoisotopic (exact) mass is 255 g/mol. The van der Waals surface area contributed by atoms with Crippen LogP contribution in [0.15, 0.2) is 24.3 Å². The third kappa shape index (κ3) is 2.46. The van der Waals surface area contributed by atoms with E-state index in [1.165, 1.54) is 25.7 Å². The van der Waals surface area contributed by atoms with Gasteiger partial charge < -0.3 is 10.2 Å². The van der Waals surface area contributed by atoms with Crippen molar-refractivity contribution in [2.24, 2.45) is 5.41 Å². The summed E-state index contributed by atoms with van der Waals surface area (Å²) >= 11 is 0. The van der Waals surface area contributed by atoms with Crippen LogP contribution in [0.25, 0.3) is 0 Å². The lowest BCUT2D eigenvalue weighted by molar-refractivity contribution is 0.173. The molecule has 0 aromatic heterocycles. The van der Waals surface area contributed by atoms with Crippen LogP contribution in [0.5, 0.6) is 0 Å². The number of piperidine rings is 2. The Morgan fingerprint density at radius 1 is 1.21 bits per heavy atom. The van der Waals surface area contributed by atoms with Gasteiger partial charge in [-0.25, -0.2) is 0 Å². The van der Waals surface area contributed by atoms with Crippen LogP contribution in [-0.2, 0) is 0 Å². The molecule has 2 saturated heterocycles. The zero-order valence-corrected chi connectivity index (χ0v) is 11.4. The van der Waals surface area contributed by atoms with E-state index in [1.807, 2.05) is 18.2 Å². The zero-order chi connectivity index (χ0) is 13.1. The third-order valence-electron chi connectivity index (χ3n) is 4.59. The average molecular weight is 255 g/mol. The molecule has 0 aliphatic carbocycles.